The molecule has 148 valence electrons. The summed E-state index contributed by atoms with van der Waals surface area (Å²) in [5.74, 6) is -0.246. The number of halogens is 1. The first kappa shape index (κ1) is 19.9. The number of aryl methyl sites for hydroxylation is 1. The van der Waals surface area contributed by atoms with Crippen molar-refractivity contribution in [2.45, 2.75) is 19.9 Å². The van der Waals surface area contributed by atoms with E-state index in [0.29, 0.717) is 16.9 Å². The molecule has 2 N–H and O–H groups in total. The number of carbonyl (C=O) groups excluding carboxylic acids is 1. The molecule has 0 saturated heterocycles. The van der Waals surface area contributed by atoms with Crippen molar-refractivity contribution in [3.8, 4) is 5.75 Å². The highest BCUT2D eigenvalue weighted by Gasteiger charge is 2.21. The Kier molecular flexibility index (Phi) is 5.42. The SMILES string of the molecule is Cc1cc([C@@H](C)NC(=O)C2=Cc3ccccc3OC2)c(F)cc1NS(C)(=O)=O. The maximum atomic E-state index is 14.5. The lowest BCUT2D eigenvalue weighted by Gasteiger charge is -2.21. The van der Waals surface area contributed by atoms with Crippen molar-refractivity contribution in [1.82, 2.24) is 5.32 Å². The van der Waals surface area contributed by atoms with Crippen molar-refractivity contribution in [3.05, 3.63) is 64.5 Å². The number of sulfonamides is 1. The molecule has 0 unspecified atom stereocenters. The zero-order valence-corrected chi connectivity index (χ0v) is 16.6. The number of ether oxygens (including phenoxy) is 1. The molecule has 0 spiro atoms. The average molecular weight is 404 g/mol. The first-order chi connectivity index (χ1) is 13.1. The van der Waals surface area contributed by atoms with Crippen LogP contribution in [0.3, 0.4) is 0 Å². The third kappa shape index (κ3) is 4.51. The van der Waals surface area contributed by atoms with Gasteiger partial charge in [0.15, 0.2) is 0 Å². The summed E-state index contributed by atoms with van der Waals surface area (Å²) in [5.41, 5.74) is 2.24. The number of carbonyl (C=O) groups is 1. The number of nitrogens with one attached hydrogen (secondary N) is 2. The molecule has 0 radical (unpaired) electrons. The van der Waals surface area contributed by atoms with E-state index in [-0.39, 0.29) is 23.8 Å². The van der Waals surface area contributed by atoms with Gasteiger partial charge in [-0.05, 0) is 43.7 Å². The minimum atomic E-state index is -3.52. The number of rotatable bonds is 5. The van der Waals surface area contributed by atoms with Crippen LogP contribution in [-0.4, -0.2) is 27.2 Å². The molecular weight excluding hydrogens is 383 g/mol. The van der Waals surface area contributed by atoms with Gasteiger partial charge in [-0.1, -0.05) is 18.2 Å². The van der Waals surface area contributed by atoms with Crippen LogP contribution in [0.1, 0.15) is 29.7 Å². The Hall–Kier alpha value is -2.87. The Morgan fingerprint density at radius 3 is 2.68 bits per heavy atom. The highest BCUT2D eigenvalue weighted by Crippen LogP contribution is 2.28. The predicted octanol–water partition coefficient (Wildman–Crippen LogP) is 3.16. The molecule has 1 atom stereocenters. The number of hydrogen-bond acceptors (Lipinski definition) is 4. The van der Waals surface area contributed by atoms with E-state index < -0.39 is 21.9 Å². The summed E-state index contributed by atoms with van der Waals surface area (Å²) in [6.45, 7) is 3.46. The Bertz CT molecular complexity index is 1060. The van der Waals surface area contributed by atoms with Crippen LogP contribution in [0.4, 0.5) is 10.1 Å². The van der Waals surface area contributed by atoms with E-state index in [1.54, 1.807) is 19.9 Å². The van der Waals surface area contributed by atoms with Crippen LogP contribution < -0.4 is 14.8 Å². The summed E-state index contributed by atoms with van der Waals surface area (Å²) in [4.78, 5) is 12.6. The van der Waals surface area contributed by atoms with Crippen molar-refractivity contribution >= 4 is 27.7 Å². The summed E-state index contributed by atoms with van der Waals surface area (Å²) in [6.07, 6.45) is 2.75. The fourth-order valence-corrected chi connectivity index (χ4v) is 3.58. The lowest BCUT2D eigenvalue weighted by molar-refractivity contribution is -0.118. The molecule has 3 rings (SSSR count). The standard InChI is InChI=1S/C20H21FN2O4S/c1-12-8-16(17(21)10-18(12)23-28(3,25)26)13(2)22-20(24)15-9-14-6-4-5-7-19(14)27-11-15/h4-10,13,23H,11H2,1-3H3,(H,22,24)/t13-/m1/s1. The van der Waals surface area contributed by atoms with Gasteiger partial charge in [0.1, 0.15) is 18.2 Å². The zero-order chi connectivity index (χ0) is 20.5. The molecule has 0 bridgehead atoms. The summed E-state index contributed by atoms with van der Waals surface area (Å²) < 4.78 is 45.1. The van der Waals surface area contributed by atoms with Crippen molar-refractivity contribution < 1.29 is 22.3 Å². The van der Waals surface area contributed by atoms with E-state index in [9.17, 15) is 17.6 Å². The van der Waals surface area contributed by atoms with Crippen molar-refractivity contribution in [2.75, 3.05) is 17.6 Å². The van der Waals surface area contributed by atoms with E-state index in [2.05, 4.69) is 10.0 Å². The molecule has 0 saturated carbocycles. The number of benzene rings is 2. The number of hydrogen-bond donors (Lipinski definition) is 2. The van der Waals surface area contributed by atoms with Crippen LogP contribution in [0.25, 0.3) is 6.08 Å². The Balaban J connectivity index is 1.78. The van der Waals surface area contributed by atoms with E-state index >= 15 is 0 Å². The fourth-order valence-electron chi connectivity index (χ4n) is 2.96. The lowest BCUT2D eigenvalue weighted by atomic mass is 10.0. The monoisotopic (exact) mass is 404 g/mol. The van der Waals surface area contributed by atoms with Gasteiger partial charge in [-0.15, -0.1) is 0 Å². The highest BCUT2D eigenvalue weighted by atomic mass is 32.2. The van der Waals surface area contributed by atoms with Gasteiger partial charge in [0.25, 0.3) is 5.91 Å². The maximum Gasteiger partial charge on any atom is 0.251 e. The van der Waals surface area contributed by atoms with Crippen LogP contribution in [-0.2, 0) is 14.8 Å². The van der Waals surface area contributed by atoms with Gasteiger partial charge in [-0.2, -0.15) is 0 Å². The smallest absolute Gasteiger partial charge is 0.251 e. The molecule has 28 heavy (non-hydrogen) atoms. The van der Waals surface area contributed by atoms with Crippen LogP contribution in [0.5, 0.6) is 5.75 Å². The topological polar surface area (TPSA) is 84.5 Å². The molecule has 1 aliphatic rings. The zero-order valence-electron chi connectivity index (χ0n) is 15.7. The second-order valence-corrected chi connectivity index (χ2v) is 8.50. The number of fused-ring (bicyclic) bond motifs is 1. The van der Waals surface area contributed by atoms with E-state index in [0.717, 1.165) is 17.9 Å². The summed E-state index contributed by atoms with van der Waals surface area (Å²) in [7, 11) is -3.52. The molecule has 6 nitrogen and oxygen atoms in total. The third-order valence-corrected chi connectivity index (χ3v) is 4.97. The van der Waals surface area contributed by atoms with Gasteiger partial charge in [0, 0.05) is 11.1 Å². The van der Waals surface area contributed by atoms with Gasteiger partial charge in [-0.3, -0.25) is 9.52 Å². The number of para-hydroxylation sites is 1. The predicted molar refractivity (Wildman–Crippen MR) is 106 cm³/mol. The Morgan fingerprint density at radius 1 is 1.25 bits per heavy atom. The molecule has 1 aliphatic heterocycles. The van der Waals surface area contributed by atoms with Crippen LogP contribution in [0, 0.1) is 12.7 Å². The minimum Gasteiger partial charge on any atom is -0.488 e. The molecule has 0 fully saturated rings. The number of amides is 1. The average Bonchev–Trinajstić information content (AvgIpc) is 2.62. The summed E-state index contributed by atoms with van der Waals surface area (Å²) in [5, 5.41) is 2.77. The third-order valence-electron chi connectivity index (χ3n) is 4.38. The van der Waals surface area contributed by atoms with Crippen LogP contribution in [0.2, 0.25) is 0 Å². The largest absolute Gasteiger partial charge is 0.488 e. The molecule has 1 heterocycles. The van der Waals surface area contributed by atoms with Gasteiger partial charge >= 0.3 is 0 Å². The van der Waals surface area contributed by atoms with Gasteiger partial charge < -0.3 is 10.1 Å². The van der Waals surface area contributed by atoms with E-state index in [4.69, 9.17) is 4.74 Å². The molecule has 0 aliphatic carbocycles. The molecule has 2 aromatic carbocycles. The van der Waals surface area contributed by atoms with Crippen LogP contribution >= 0.6 is 0 Å². The van der Waals surface area contributed by atoms with Crippen molar-refractivity contribution in [2.24, 2.45) is 0 Å². The highest BCUT2D eigenvalue weighted by molar-refractivity contribution is 7.92. The first-order valence-corrected chi connectivity index (χ1v) is 10.5. The molecule has 2 aromatic rings. The van der Waals surface area contributed by atoms with Gasteiger partial charge in [0.2, 0.25) is 10.0 Å². The lowest BCUT2D eigenvalue weighted by Crippen LogP contribution is -2.31. The van der Waals surface area contributed by atoms with Crippen molar-refractivity contribution in [3.63, 3.8) is 0 Å². The summed E-state index contributed by atoms with van der Waals surface area (Å²) >= 11 is 0. The van der Waals surface area contributed by atoms with Crippen molar-refractivity contribution in [1.29, 1.82) is 0 Å². The van der Waals surface area contributed by atoms with E-state index in [1.165, 1.54) is 6.07 Å². The Morgan fingerprint density at radius 2 is 1.96 bits per heavy atom. The second-order valence-electron chi connectivity index (χ2n) is 6.75. The second kappa shape index (κ2) is 7.63. The molecule has 8 heteroatoms. The Labute approximate surface area is 163 Å². The van der Waals surface area contributed by atoms with Crippen LogP contribution in [0.15, 0.2) is 42.0 Å². The van der Waals surface area contributed by atoms with Gasteiger partial charge in [-0.25, -0.2) is 12.8 Å². The molecule has 1 amide bonds. The quantitative estimate of drug-likeness (QED) is 0.802. The minimum absolute atomic E-state index is 0.133. The number of anilines is 1. The fraction of sp³-hybridized carbons (Fsp3) is 0.250. The van der Waals surface area contributed by atoms with Gasteiger partial charge in [0.05, 0.1) is 23.6 Å². The molecular formula is C20H21FN2O4S. The normalized spacial score (nSPS) is 14.4. The maximum absolute atomic E-state index is 14.5. The first-order valence-electron chi connectivity index (χ1n) is 8.65. The van der Waals surface area contributed by atoms with E-state index in [1.807, 2.05) is 24.3 Å². The molecule has 0 aromatic heterocycles. The summed E-state index contributed by atoms with van der Waals surface area (Å²) in [6, 6.07) is 9.41.